The third-order valence-corrected chi connectivity index (χ3v) is 7.28. The van der Waals surface area contributed by atoms with Gasteiger partial charge in [-0.25, -0.2) is 0 Å². The van der Waals surface area contributed by atoms with Crippen molar-refractivity contribution in [3.05, 3.63) is 92.3 Å². The molecular formula is C29H21BrF3N3O5S. The van der Waals surface area contributed by atoms with Crippen LogP contribution in [-0.4, -0.2) is 35.1 Å². The van der Waals surface area contributed by atoms with Gasteiger partial charge in [0.1, 0.15) is 13.2 Å². The Morgan fingerprint density at radius 3 is 2.60 bits per heavy atom. The van der Waals surface area contributed by atoms with Gasteiger partial charge < -0.3 is 14.8 Å². The maximum absolute atomic E-state index is 13.0. The molecule has 8 nitrogen and oxygen atoms in total. The number of imide groups is 1. The highest BCUT2D eigenvalue weighted by Crippen LogP contribution is 2.40. The predicted octanol–water partition coefficient (Wildman–Crippen LogP) is 6.99. The second-order valence-corrected chi connectivity index (χ2v) is 10.6. The third kappa shape index (κ3) is 7.32. The lowest BCUT2D eigenvalue weighted by atomic mass is 10.1. The summed E-state index contributed by atoms with van der Waals surface area (Å²) in [5.41, 5.74) is 0.583. The van der Waals surface area contributed by atoms with Gasteiger partial charge in [-0.3, -0.25) is 19.3 Å². The zero-order chi connectivity index (χ0) is 30.4. The van der Waals surface area contributed by atoms with Crippen LogP contribution in [0.2, 0.25) is 0 Å². The van der Waals surface area contributed by atoms with Gasteiger partial charge in [-0.2, -0.15) is 18.4 Å². The van der Waals surface area contributed by atoms with Crippen LogP contribution in [-0.2, 0) is 22.4 Å². The molecule has 1 saturated heterocycles. The number of benzene rings is 3. The Balaban J connectivity index is 1.49. The summed E-state index contributed by atoms with van der Waals surface area (Å²) in [7, 11) is 0. The fourth-order valence-corrected chi connectivity index (χ4v) is 5.30. The standard InChI is InChI=1S/C29H21BrF3N3O5S/c1-2-40-23-11-17(10-22(30)26(23)41-16-19-7-4-3-6-18(19)14-34)12-24-27(38)36(28(39)42-24)15-25(37)35-21-9-5-8-20(13-21)29(31,32)33/h3-13H,2,15-16H2,1H3,(H,35,37)/b24-12-. The number of nitriles is 1. The fraction of sp³-hybridized carbons (Fsp3) is 0.172. The number of carbonyl (C=O) groups excluding carboxylic acids is 3. The molecule has 0 spiro atoms. The first-order chi connectivity index (χ1) is 20.0. The topological polar surface area (TPSA) is 109 Å². The van der Waals surface area contributed by atoms with Crippen LogP contribution in [0, 0.1) is 11.3 Å². The number of hydrogen-bond acceptors (Lipinski definition) is 7. The first kappa shape index (κ1) is 30.7. The SMILES string of the molecule is CCOc1cc(/C=C2\SC(=O)N(CC(=O)Nc3cccc(C(F)(F)F)c3)C2=O)cc(Br)c1OCc1ccccc1C#N. The van der Waals surface area contributed by atoms with E-state index in [2.05, 4.69) is 27.3 Å². The minimum Gasteiger partial charge on any atom is -0.490 e. The van der Waals surface area contributed by atoms with Crippen molar-refractivity contribution in [2.45, 2.75) is 19.7 Å². The van der Waals surface area contributed by atoms with E-state index >= 15 is 0 Å². The van der Waals surface area contributed by atoms with Crippen LogP contribution in [0.25, 0.3) is 6.08 Å². The minimum absolute atomic E-state index is 0.0397. The Labute approximate surface area is 251 Å². The molecule has 42 heavy (non-hydrogen) atoms. The highest BCUT2D eigenvalue weighted by molar-refractivity contribution is 9.10. The van der Waals surface area contributed by atoms with Crippen molar-refractivity contribution in [2.75, 3.05) is 18.5 Å². The van der Waals surface area contributed by atoms with Gasteiger partial charge in [0.2, 0.25) is 5.91 Å². The molecule has 1 N–H and O–H groups in total. The third-order valence-electron chi connectivity index (χ3n) is 5.79. The van der Waals surface area contributed by atoms with Gasteiger partial charge in [0.25, 0.3) is 11.1 Å². The molecule has 0 aromatic heterocycles. The van der Waals surface area contributed by atoms with Crippen molar-refractivity contribution in [2.24, 2.45) is 0 Å². The zero-order valence-corrected chi connectivity index (χ0v) is 24.2. The molecule has 3 aromatic rings. The molecule has 0 aliphatic carbocycles. The fourth-order valence-electron chi connectivity index (χ4n) is 3.88. The number of carbonyl (C=O) groups is 3. The molecule has 3 amide bonds. The van der Waals surface area contributed by atoms with Gasteiger partial charge in [-0.15, -0.1) is 0 Å². The first-order valence-electron chi connectivity index (χ1n) is 12.3. The molecule has 0 unspecified atom stereocenters. The summed E-state index contributed by atoms with van der Waals surface area (Å²) in [6.07, 6.45) is -3.14. The second kappa shape index (κ2) is 13.1. The summed E-state index contributed by atoms with van der Waals surface area (Å²) >= 11 is 4.08. The van der Waals surface area contributed by atoms with Crippen LogP contribution < -0.4 is 14.8 Å². The van der Waals surface area contributed by atoms with Crippen molar-refractivity contribution in [1.29, 1.82) is 5.26 Å². The van der Waals surface area contributed by atoms with Crippen molar-refractivity contribution < 1.29 is 37.0 Å². The summed E-state index contributed by atoms with van der Waals surface area (Å²) in [6, 6.07) is 16.4. The van der Waals surface area contributed by atoms with Crippen LogP contribution in [0.5, 0.6) is 11.5 Å². The Bertz CT molecular complexity index is 1620. The van der Waals surface area contributed by atoms with Crippen molar-refractivity contribution in [1.82, 2.24) is 4.90 Å². The molecule has 3 aromatic carbocycles. The Morgan fingerprint density at radius 1 is 1.12 bits per heavy atom. The second-order valence-electron chi connectivity index (χ2n) is 8.72. The van der Waals surface area contributed by atoms with Gasteiger partial charge >= 0.3 is 6.18 Å². The Hall–Kier alpha value is -4.28. The summed E-state index contributed by atoms with van der Waals surface area (Å²) in [5, 5.41) is 10.9. The van der Waals surface area contributed by atoms with Crippen LogP contribution in [0.15, 0.2) is 70.0 Å². The van der Waals surface area contributed by atoms with Gasteiger partial charge in [0, 0.05) is 11.3 Å². The number of nitrogens with one attached hydrogen (secondary N) is 1. The molecule has 13 heteroatoms. The maximum atomic E-state index is 13.0. The number of halogens is 4. The average Bonchev–Trinajstić information content (AvgIpc) is 3.19. The van der Waals surface area contributed by atoms with E-state index in [1.165, 1.54) is 12.1 Å². The van der Waals surface area contributed by atoms with E-state index in [9.17, 15) is 32.8 Å². The number of thioether (sulfide) groups is 1. The molecule has 0 radical (unpaired) electrons. The maximum Gasteiger partial charge on any atom is 0.416 e. The van der Waals surface area contributed by atoms with Crippen LogP contribution >= 0.6 is 27.7 Å². The van der Waals surface area contributed by atoms with Crippen LogP contribution in [0.1, 0.15) is 29.2 Å². The molecule has 0 saturated carbocycles. The first-order valence-corrected chi connectivity index (χ1v) is 13.9. The van der Waals surface area contributed by atoms with E-state index in [4.69, 9.17) is 9.47 Å². The highest BCUT2D eigenvalue weighted by Gasteiger charge is 2.36. The number of ether oxygens (including phenoxy) is 2. The number of amides is 3. The van der Waals surface area contributed by atoms with E-state index in [0.29, 0.717) is 55.9 Å². The summed E-state index contributed by atoms with van der Waals surface area (Å²) < 4.78 is 51.1. The lowest BCUT2D eigenvalue weighted by Crippen LogP contribution is -2.36. The summed E-state index contributed by atoms with van der Waals surface area (Å²) in [5.74, 6) is -0.834. The van der Waals surface area contributed by atoms with E-state index in [1.54, 1.807) is 43.3 Å². The van der Waals surface area contributed by atoms with E-state index in [-0.39, 0.29) is 17.2 Å². The molecule has 0 bridgehead atoms. The molecule has 0 atom stereocenters. The van der Waals surface area contributed by atoms with Gasteiger partial charge in [-0.1, -0.05) is 24.3 Å². The number of rotatable bonds is 9. The molecule has 216 valence electrons. The number of alkyl halides is 3. The average molecular weight is 660 g/mol. The Morgan fingerprint density at radius 2 is 1.88 bits per heavy atom. The van der Waals surface area contributed by atoms with E-state index in [1.807, 2.05) is 0 Å². The number of nitrogens with zero attached hydrogens (tertiary/aromatic N) is 2. The van der Waals surface area contributed by atoms with E-state index < -0.39 is 35.3 Å². The molecule has 1 aliphatic rings. The largest absolute Gasteiger partial charge is 0.490 e. The normalized spacial score (nSPS) is 14.2. The molecule has 1 heterocycles. The minimum atomic E-state index is -4.60. The number of hydrogen-bond donors (Lipinski definition) is 1. The highest BCUT2D eigenvalue weighted by atomic mass is 79.9. The van der Waals surface area contributed by atoms with Gasteiger partial charge in [-0.05, 0) is 82.7 Å². The lowest BCUT2D eigenvalue weighted by molar-refractivity contribution is -0.137. The smallest absolute Gasteiger partial charge is 0.416 e. The zero-order valence-electron chi connectivity index (χ0n) is 21.8. The van der Waals surface area contributed by atoms with Crippen molar-refractivity contribution in [3.63, 3.8) is 0 Å². The van der Waals surface area contributed by atoms with Crippen molar-refractivity contribution in [3.8, 4) is 17.6 Å². The van der Waals surface area contributed by atoms with Crippen LogP contribution in [0.3, 0.4) is 0 Å². The summed E-state index contributed by atoms with van der Waals surface area (Å²) in [4.78, 5) is 38.7. The van der Waals surface area contributed by atoms with E-state index in [0.717, 1.165) is 18.2 Å². The molecule has 4 rings (SSSR count). The summed E-state index contributed by atoms with van der Waals surface area (Å²) in [6.45, 7) is 1.51. The quantitative estimate of drug-likeness (QED) is 0.247. The van der Waals surface area contributed by atoms with Crippen LogP contribution in [0.4, 0.5) is 23.7 Å². The monoisotopic (exact) mass is 659 g/mol. The number of anilines is 1. The predicted molar refractivity (Wildman–Crippen MR) is 154 cm³/mol. The van der Waals surface area contributed by atoms with Gasteiger partial charge in [0.15, 0.2) is 11.5 Å². The Kier molecular flexibility index (Phi) is 9.59. The molecular weight excluding hydrogens is 639 g/mol. The van der Waals surface area contributed by atoms with Crippen molar-refractivity contribution >= 4 is 56.5 Å². The van der Waals surface area contributed by atoms with Gasteiger partial charge in [0.05, 0.1) is 33.2 Å². The lowest BCUT2D eigenvalue weighted by Gasteiger charge is -2.15. The molecule has 1 fully saturated rings. The molecule has 1 aliphatic heterocycles.